The van der Waals surface area contributed by atoms with E-state index in [1.165, 1.54) is 6.20 Å². The molecule has 0 atom stereocenters. The fourth-order valence-corrected chi connectivity index (χ4v) is 2.63. The third-order valence-electron chi connectivity index (χ3n) is 2.53. The van der Waals surface area contributed by atoms with Gasteiger partial charge in [0.1, 0.15) is 0 Å². The summed E-state index contributed by atoms with van der Waals surface area (Å²) in [4.78, 5) is 0. The Morgan fingerprint density at radius 3 is 2.94 bits per heavy atom. The Morgan fingerprint density at radius 2 is 2.33 bits per heavy atom. The molecule has 0 fully saturated rings. The summed E-state index contributed by atoms with van der Waals surface area (Å²) in [5.41, 5.74) is 6.65. The lowest BCUT2D eigenvalue weighted by molar-refractivity contribution is 0.571. The maximum absolute atomic E-state index is 12.0. The topological polar surface area (TPSA) is 119 Å². The number of aryl methyl sites for hydroxylation is 1. The number of rotatable bonds is 5. The lowest BCUT2D eigenvalue weighted by Crippen LogP contribution is -2.26. The summed E-state index contributed by atoms with van der Waals surface area (Å²) in [7, 11) is -1.90. The van der Waals surface area contributed by atoms with Crippen LogP contribution in [0.15, 0.2) is 23.5 Å². The summed E-state index contributed by atoms with van der Waals surface area (Å²) < 4.78 is 28.1. The third kappa shape index (κ3) is 2.42. The molecule has 0 saturated heterocycles. The molecule has 0 spiro atoms. The van der Waals surface area contributed by atoms with E-state index in [1.54, 1.807) is 24.0 Å². The Hall–Kier alpha value is -1.71. The quantitative estimate of drug-likeness (QED) is 0.649. The van der Waals surface area contributed by atoms with Gasteiger partial charge in [0.05, 0.1) is 18.4 Å². The highest BCUT2D eigenvalue weighted by atomic mass is 32.2. The summed E-state index contributed by atoms with van der Waals surface area (Å²) in [6.45, 7) is 0.264. The second-order valence-corrected chi connectivity index (χ2v) is 5.40. The minimum atomic E-state index is -3.64. The molecule has 0 radical (unpaired) electrons. The van der Waals surface area contributed by atoms with Gasteiger partial charge >= 0.3 is 0 Å². The molecule has 0 aromatic carbocycles. The summed E-state index contributed by atoms with van der Waals surface area (Å²) in [6, 6.07) is 1.74. The molecule has 0 bridgehead atoms. The molecule has 4 N–H and O–H groups in total. The zero-order valence-electron chi connectivity index (χ0n) is 9.79. The number of hydrogen-bond donors (Lipinski definition) is 3. The summed E-state index contributed by atoms with van der Waals surface area (Å²) in [5.74, 6) is 0. The number of nitrogens with one attached hydrogen (secondary N) is 2. The molecule has 0 aliphatic rings. The Balaban J connectivity index is 2.16. The van der Waals surface area contributed by atoms with Gasteiger partial charge in [-0.2, -0.15) is 10.2 Å². The number of H-pyrrole nitrogens is 1. The average Bonchev–Trinajstić information content (AvgIpc) is 2.95. The molecular formula is C9H14N6O2S. The first-order valence-corrected chi connectivity index (χ1v) is 6.72. The standard InChI is InChI=1S/C9H14N6O2S/c1-15-8(2-3-12-15)6-13-18(16,17)9-7(4-10)5-11-14-9/h2-3,5,13H,4,6,10H2,1H3,(H,11,14). The molecule has 2 rings (SSSR count). The Labute approximate surface area is 104 Å². The highest BCUT2D eigenvalue weighted by molar-refractivity contribution is 7.89. The van der Waals surface area contributed by atoms with Crippen molar-refractivity contribution < 1.29 is 8.42 Å². The van der Waals surface area contributed by atoms with Crippen molar-refractivity contribution in [1.82, 2.24) is 24.7 Å². The highest BCUT2D eigenvalue weighted by Gasteiger charge is 2.20. The van der Waals surface area contributed by atoms with Gasteiger partial charge in [-0.3, -0.25) is 9.78 Å². The van der Waals surface area contributed by atoms with Gasteiger partial charge < -0.3 is 5.73 Å². The van der Waals surface area contributed by atoms with Crippen molar-refractivity contribution in [2.75, 3.05) is 0 Å². The number of nitrogens with zero attached hydrogens (tertiary/aromatic N) is 3. The molecule has 98 valence electrons. The van der Waals surface area contributed by atoms with Crippen LogP contribution in [0.3, 0.4) is 0 Å². The van der Waals surface area contributed by atoms with E-state index in [2.05, 4.69) is 20.0 Å². The smallest absolute Gasteiger partial charge is 0.258 e. The van der Waals surface area contributed by atoms with Crippen LogP contribution in [0.25, 0.3) is 0 Å². The van der Waals surface area contributed by atoms with Crippen molar-refractivity contribution in [2.24, 2.45) is 12.8 Å². The van der Waals surface area contributed by atoms with Gasteiger partial charge in [-0.15, -0.1) is 0 Å². The molecule has 0 aliphatic heterocycles. The molecule has 2 heterocycles. The van der Waals surface area contributed by atoms with Crippen molar-refractivity contribution in [3.8, 4) is 0 Å². The van der Waals surface area contributed by atoms with Crippen molar-refractivity contribution >= 4 is 10.0 Å². The normalized spacial score (nSPS) is 11.9. The minimum absolute atomic E-state index is 0.00664. The van der Waals surface area contributed by atoms with Crippen LogP contribution in [0.5, 0.6) is 0 Å². The first kappa shape index (κ1) is 12.7. The fourth-order valence-electron chi connectivity index (χ4n) is 1.49. The lowest BCUT2D eigenvalue weighted by atomic mass is 10.4. The van der Waals surface area contributed by atoms with Crippen LogP contribution in [0.4, 0.5) is 0 Å². The van der Waals surface area contributed by atoms with Crippen LogP contribution >= 0.6 is 0 Å². The predicted molar refractivity (Wildman–Crippen MR) is 63.7 cm³/mol. The molecule has 18 heavy (non-hydrogen) atoms. The molecule has 2 aromatic rings. The second kappa shape index (κ2) is 4.88. The molecule has 9 heteroatoms. The zero-order chi connectivity index (χ0) is 13.2. The van der Waals surface area contributed by atoms with Crippen LogP contribution in [0, 0.1) is 0 Å². The molecule has 8 nitrogen and oxygen atoms in total. The van der Waals surface area contributed by atoms with Gasteiger partial charge in [-0.05, 0) is 6.07 Å². The van der Waals surface area contributed by atoms with E-state index in [0.717, 1.165) is 5.69 Å². The molecular weight excluding hydrogens is 256 g/mol. The minimum Gasteiger partial charge on any atom is -0.326 e. The highest BCUT2D eigenvalue weighted by Crippen LogP contribution is 2.11. The van der Waals surface area contributed by atoms with E-state index in [1.807, 2.05) is 0 Å². The number of nitrogens with two attached hydrogens (primary N) is 1. The molecule has 0 aliphatic carbocycles. The van der Waals surface area contributed by atoms with Crippen LogP contribution in [0.2, 0.25) is 0 Å². The average molecular weight is 270 g/mol. The van der Waals surface area contributed by atoms with Gasteiger partial charge in [0.25, 0.3) is 10.0 Å². The molecule has 0 saturated carbocycles. The van der Waals surface area contributed by atoms with Gasteiger partial charge in [0.15, 0.2) is 5.03 Å². The van der Waals surface area contributed by atoms with Gasteiger partial charge in [0, 0.05) is 25.4 Å². The van der Waals surface area contributed by atoms with Crippen molar-refractivity contribution in [3.05, 3.63) is 29.7 Å². The largest absolute Gasteiger partial charge is 0.326 e. The third-order valence-corrected chi connectivity index (χ3v) is 3.95. The summed E-state index contributed by atoms with van der Waals surface area (Å²) in [6.07, 6.45) is 3.00. The van der Waals surface area contributed by atoms with E-state index < -0.39 is 10.0 Å². The van der Waals surface area contributed by atoms with Gasteiger partial charge in [-0.1, -0.05) is 0 Å². The number of aromatic amines is 1. The monoisotopic (exact) mass is 270 g/mol. The predicted octanol–water partition coefficient (Wildman–Crippen LogP) is -0.920. The summed E-state index contributed by atoms with van der Waals surface area (Å²) in [5, 5.41) is 10.1. The maximum Gasteiger partial charge on any atom is 0.258 e. The maximum atomic E-state index is 12.0. The molecule has 0 unspecified atom stereocenters. The number of hydrogen-bond acceptors (Lipinski definition) is 5. The van der Waals surface area contributed by atoms with Crippen LogP contribution in [-0.4, -0.2) is 28.4 Å². The van der Waals surface area contributed by atoms with Crippen molar-refractivity contribution in [2.45, 2.75) is 18.1 Å². The Bertz CT molecular complexity index is 629. The lowest BCUT2D eigenvalue weighted by Gasteiger charge is -2.06. The van der Waals surface area contributed by atoms with Crippen LogP contribution < -0.4 is 10.5 Å². The molecule has 0 amide bonds. The van der Waals surface area contributed by atoms with E-state index in [9.17, 15) is 8.42 Å². The Morgan fingerprint density at radius 1 is 1.56 bits per heavy atom. The SMILES string of the molecule is Cn1nccc1CNS(=O)(=O)c1[nH]ncc1CN. The number of sulfonamides is 1. The molecule has 2 aromatic heterocycles. The van der Waals surface area contributed by atoms with Crippen molar-refractivity contribution in [1.29, 1.82) is 0 Å². The fraction of sp³-hybridized carbons (Fsp3) is 0.333. The summed E-state index contributed by atoms with van der Waals surface area (Å²) >= 11 is 0. The van der Waals surface area contributed by atoms with E-state index in [-0.39, 0.29) is 18.1 Å². The second-order valence-electron chi connectivity index (χ2n) is 3.70. The van der Waals surface area contributed by atoms with E-state index in [0.29, 0.717) is 5.56 Å². The Kier molecular flexibility index (Phi) is 3.45. The van der Waals surface area contributed by atoms with Gasteiger partial charge in [0.2, 0.25) is 0 Å². The first-order chi connectivity index (χ1) is 8.54. The van der Waals surface area contributed by atoms with Gasteiger partial charge in [-0.25, -0.2) is 13.1 Å². The van der Waals surface area contributed by atoms with Crippen molar-refractivity contribution in [3.63, 3.8) is 0 Å². The van der Waals surface area contributed by atoms with Crippen LogP contribution in [0.1, 0.15) is 11.3 Å². The van der Waals surface area contributed by atoms with E-state index >= 15 is 0 Å². The first-order valence-electron chi connectivity index (χ1n) is 5.23. The zero-order valence-corrected chi connectivity index (χ0v) is 10.6. The number of aromatic nitrogens is 4. The van der Waals surface area contributed by atoms with E-state index in [4.69, 9.17) is 5.73 Å². The van der Waals surface area contributed by atoms with Crippen LogP contribution in [-0.2, 0) is 30.2 Å².